The molecular weight excluding hydrogens is 340 g/mol. The third-order valence-electron chi connectivity index (χ3n) is 2.56. The number of hydrogen-bond donors (Lipinski definition) is 0. The van der Waals surface area contributed by atoms with Crippen LogP contribution in [-0.4, -0.2) is 4.98 Å². The number of benzene rings is 1. The van der Waals surface area contributed by atoms with Crippen LogP contribution < -0.4 is 0 Å². The highest BCUT2D eigenvalue weighted by molar-refractivity contribution is 9.09. The van der Waals surface area contributed by atoms with Crippen LogP contribution in [0.15, 0.2) is 36.7 Å². The van der Waals surface area contributed by atoms with Crippen molar-refractivity contribution in [2.24, 2.45) is 0 Å². The van der Waals surface area contributed by atoms with Crippen molar-refractivity contribution < 1.29 is 4.39 Å². The average Bonchev–Trinajstić information content (AvgIpc) is 2.32. The smallest absolute Gasteiger partial charge is 0.124 e. The van der Waals surface area contributed by atoms with E-state index in [1.54, 1.807) is 18.5 Å². The molecule has 1 aromatic carbocycles. The summed E-state index contributed by atoms with van der Waals surface area (Å²) < 4.78 is 13.0. The maximum atomic E-state index is 13.0. The highest BCUT2D eigenvalue weighted by atomic mass is 79.9. The van der Waals surface area contributed by atoms with E-state index in [4.69, 9.17) is 23.2 Å². The SMILES string of the molecule is Fc1ccc(C(Br)Cc2ccncc2Cl)c(Cl)c1. The summed E-state index contributed by atoms with van der Waals surface area (Å²) in [5.41, 5.74) is 1.81. The Bertz CT molecular complexity index is 562. The molecule has 0 spiro atoms. The van der Waals surface area contributed by atoms with E-state index in [0.29, 0.717) is 16.5 Å². The fourth-order valence-electron chi connectivity index (χ4n) is 1.63. The predicted octanol–water partition coefficient (Wildman–Crippen LogP) is 5.21. The standard InChI is InChI=1S/C13H9BrCl2FN/c14-11(5-8-3-4-18-7-13(8)16)10-2-1-9(17)6-12(10)15/h1-4,6-7,11H,5H2. The Kier molecular flexibility index (Phi) is 4.60. The van der Waals surface area contributed by atoms with Gasteiger partial charge in [-0.2, -0.15) is 0 Å². The van der Waals surface area contributed by atoms with Crippen LogP contribution in [0.4, 0.5) is 4.39 Å². The second kappa shape index (κ2) is 6.00. The summed E-state index contributed by atoms with van der Waals surface area (Å²) in [6.07, 6.45) is 3.95. The second-order valence-electron chi connectivity index (χ2n) is 3.80. The van der Waals surface area contributed by atoms with E-state index < -0.39 is 0 Å². The van der Waals surface area contributed by atoms with E-state index in [2.05, 4.69) is 20.9 Å². The lowest BCUT2D eigenvalue weighted by molar-refractivity contribution is 0.627. The van der Waals surface area contributed by atoms with Crippen LogP contribution in [0.3, 0.4) is 0 Å². The number of rotatable bonds is 3. The molecule has 1 heterocycles. The van der Waals surface area contributed by atoms with Crippen molar-refractivity contribution in [3.8, 4) is 0 Å². The maximum absolute atomic E-state index is 13.0. The molecule has 1 nitrogen and oxygen atoms in total. The summed E-state index contributed by atoms with van der Waals surface area (Å²) in [7, 11) is 0. The first-order chi connectivity index (χ1) is 8.58. The van der Waals surface area contributed by atoms with Gasteiger partial charge in [0.1, 0.15) is 5.82 Å². The van der Waals surface area contributed by atoms with Gasteiger partial charge in [-0.05, 0) is 35.7 Å². The molecule has 2 aromatic rings. The van der Waals surface area contributed by atoms with Gasteiger partial charge < -0.3 is 0 Å². The van der Waals surface area contributed by atoms with Crippen molar-refractivity contribution in [3.05, 3.63) is 63.6 Å². The van der Waals surface area contributed by atoms with Crippen LogP contribution in [0.5, 0.6) is 0 Å². The first-order valence-corrected chi connectivity index (χ1v) is 6.92. The molecule has 94 valence electrons. The molecule has 0 amide bonds. The Morgan fingerprint density at radius 2 is 2.00 bits per heavy atom. The third-order valence-corrected chi connectivity index (χ3v) is 4.04. The average molecular weight is 349 g/mol. The Balaban J connectivity index is 2.22. The van der Waals surface area contributed by atoms with Gasteiger partial charge in [-0.25, -0.2) is 4.39 Å². The molecule has 2 rings (SSSR count). The van der Waals surface area contributed by atoms with Crippen LogP contribution in [0.25, 0.3) is 0 Å². The number of halogens is 4. The van der Waals surface area contributed by atoms with Crippen LogP contribution in [0, 0.1) is 5.82 Å². The Labute approximate surface area is 123 Å². The van der Waals surface area contributed by atoms with Gasteiger partial charge in [-0.1, -0.05) is 45.2 Å². The molecule has 1 aromatic heterocycles. The van der Waals surface area contributed by atoms with Crippen LogP contribution in [0.2, 0.25) is 10.0 Å². The molecule has 0 bridgehead atoms. The third kappa shape index (κ3) is 3.22. The summed E-state index contributed by atoms with van der Waals surface area (Å²) >= 11 is 15.6. The summed E-state index contributed by atoms with van der Waals surface area (Å²) in [5.74, 6) is -0.342. The molecule has 18 heavy (non-hydrogen) atoms. The highest BCUT2D eigenvalue weighted by Gasteiger charge is 2.14. The monoisotopic (exact) mass is 347 g/mol. The lowest BCUT2D eigenvalue weighted by Gasteiger charge is -2.13. The highest BCUT2D eigenvalue weighted by Crippen LogP contribution is 2.33. The van der Waals surface area contributed by atoms with Gasteiger partial charge in [0, 0.05) is 22.2 Å². The second-order valence-corrected chi connectivity index (χ2v) is 5.72. The van der Waals surface area contributed by atoms with E-state index in [1.165, 1.54) is 12.1 Å². The van der Waals surface area contributed by atoms with Crippen molar-refractivity contribution in [2.75, 3.05) is 0 Å². The first-order valence-electron chi connectivity index (χ1n) is 5.25. The summed E-state index contributed by atoms with van der Waals surface area (Å²) in [4.78, 5) is 3.91. The van der Waals surface area contributed by atoms with Gasteiger partial charge in [0.15, 0.2) is 0 Å². The van der Waals surface area contributed by atoms with Gasteiger partial charge in [-0.15, -0.1) is 0 Å². The molecule has 0 saturated carbocycles. The zero-order valence-electron chi connectivity index (χ0n) is 9.21. The van der Waals surface area contributed by atoms with Gasteiger partial charge in [-0.3, -0.25) is 4.98 Å². The molecule has 1 atom stereocenters. The van der Waals surface area contributed by atoms with Gasteiger partial charge in [0.05, 0.1) is 5.02 Å². The van der Waals surface area contributed by atoms with E-state index in [1.807, 2.05) is 6.07 Å². The summed E-state index contributed by atoms with van der Waals surface area (Å²) in [6.45, 7) is 0. The van der Waals surface area contributed by atoms with E-state index >= 15 is 0 Å². The number of hydrogen-bond acceptors (Lipinski definition) is 1. The number of pyridine rings is 1. The fraction of sp³-hybridized carbons (Fsp3) is 0.154. The van der Waals surface area contributed by atoms with Gasteiger partial charge >= 0.3 is 0 Å². The molecule has 0 aliphatic carbocycles. The lowest BCUT2D eigenvalue weighted by atomic mass is 10.1. The number of aromatic nitrogens is 1. The first kappa shape index (κ1) is 13.8. The van der Waals surface area contributed by atoms with Crippen LogP contribution in [0.1, 0.15) is 16.0 Å². The molecule has 0 N–H and O–H groups in total. The molecule has 0 aliphatic rings. The van der Waals surface area contributed by atoms with Crippen molar-refractivity contribution in [2.45, 2.75) is 11.2 Å². The van der Waals surface area contributed by atoms with Crippen LogP contribution in [-0.2, 0) is 6.42 Å². The Morgan fingerprint density at radius 1 is 1.22 bits per heavy atom. The van der Waals surface area contributed by atoms with E-state index in [0.717, 1.165) is 11.1 Å². The van der Waals surface area contributed by atoms with Crippen LogP contribution >= 0.6 is 39.1 Å². The van der Waals surface area contributed by atoms with E-state index in [-0.39, 0.29) is 10.6 Å². The topological polar surface area (TPSA) is 12.9 Å². The molecule has 0 saturated heterocycles. The molecular formula is C13H9BrCl2FN. The fourth-order valence-corrected chi connectivity index (χ4v) is 3.00. The molecule has 5 heteroatoms. The maximum Gasteiger partial charge on any atom is 0.124 e. The van der Waals surface area contributed by atoms with Gasteiger partial charge in [0.25, 0.3) is 0 Å². The van der Waals surface area contributed by atoms with Gasteiger partial charge in [0.2, 0.25) is 0 Å². The van der Waals surface area contributed by atoms with Crippen molar-refractivity contribution in [3.63, 3.8) is 0 Å². The molecule has 0 fully saturated rings. The predicted molar refractivity (Wildman–Crippen MR) is 76.0 cm³/mol. The quantitative estimate of drug-likeness (QED) is 0.694. The summed E-state index contributed by atoms with van der Waals surface area (Å²) in [5, 5.41) is 1.02. The lowest BCUT2D eigenvalue weighted by Crippen LogP contribution is -1.98. The molecule has 0 aliphatic heterocycles. The van der Waals surface area contributed by atoms with Crippen molar-refractivity contribution >= 4 is 39.1 Å². The normalized spacial score (nSPS) is 12.4. The zero-order valence-corrected chi connectivity index (χ0v) is 12.3. The number of alkyl halides is 1. The minimum Gasteiger partial charge on any atom is -0.263 e. The Hall–Kier alpha value is -0.640. The van der Waals surface area contributed by atoms with E-state index in [9.17, 15) is 4.39 Å². The minimum atomic E-state index is -0.342. The molecule has 0 radical (unpaired) electrons. The zero-order chi connectivity index (χ0) is 13.1. The van der Waals surface area contributed by atoms with Crippen molar-refractivity contribution in [1.29, 1.82) is 0 Å². The molecule has 1 unspecified atom stereocenters. The Morgan fingerprint density at radius 3 is 2.67 bits per heavy atom. The van der Waals surface area contributed by atoms with Crippen molar-refractivity contribution in [1.82, 2.24) is 4.98 Å². The largest absolute Gasteiger partial charge is 0.263 e. The number of nitrogens with zero attached hydrogens (tertiary/aromatic N) is 1. The minimum absolute atomic E-state index is 0.0227. The summed E-state index contributed by atoms with van der Waals surface area (Å²) in [6, 6.07) is 6.23.